The molecule has 1 aliphatic rings. The highest BCUT2D eigenvalue weighted by molar-refractivity contribution is 5.76. The number of amides is 1. The third-order valence-electron chi connectivity index (χ3n) is 4.40. The summed E-state index contributed by atoms with van der Waals surface area (Å²) in [6.45, 7) is 1.90. The number of likely N-dealkylation sites (tertiary alicyclic amines) is 1. The fourth-order valence-corrected chi connectivity index (χ4v) is 2.99. The molecule has 1 aliphatic heterocycles. The highest BCUT2D eigenvalue weighted by Gasteiger charge is 2.42. The standard InChI is InChI=1S/C17H20F2N4O3/c1-11-3-4-12(7-13(11)20-10-24)15-21-16(26-22-15)14(8-25-2)23-6-5-17(18,19)9-23/h3-4,7,10,14H,5-6,8-9H2,1-2H3,(H,20,24). The van der Waals surface area contributed by atoms with Gasteiger partial charge >= 0.3 is 0 Å². The van der Waals surface area contributed by atoms with E-state index in [-0.39, 0.29) is 32.0 Å². The largest absolute Gasteiger partial charge is 0.383 e. The molecule has 1 unspecified atom stereocenters. The van der Waals surface area contributed by atoms with E-state index < -0.39 is 12.0 Å². The van der Waals surface area contributed by atoms with Gasteiger partial charge in [-0.15, -0.1) is 0 Å². The summed E-state index contributed by atoms with van der Waals surface area (Å²) in [5.41, 5.74) is 2.18. The highest BCUT2D eigenvalue weighted by atomic mass is 19.3. The van der Waals surface area contributed by atoms with Crippen molar-refractivity contribution in [2.75, 3.05) is 32.1 Å². The van der Waals surface area contributed by atoms with Gasteiger partial charge in [-0.3, -0.25) is 9.69 Å². The van der Waals surface area contributed by atoms with E-state index in [0.717, 1.165) is 5.56 Å². The number of nitrogens with zero attached hydrogens (tertiary/aromatic N) is 3. The lowest BCUT2D eigenvalue weighted by Gasteiger charge is -2.23. The topological polar surface area (TPSA) is 80.5 Å². The maximum absolute atomic E-state index is 13.6. The molecule has 1 saturated heterocycles. The molecule has 9 heteroatoms. The predicted octanol–water partition coefficient (Wildman–Crippen LogP) is 2.64. The molecule has 1 N–H and O–H groups in total. The summed E-state index contributed by atoms with van der Waals surface area (Å²) in [5.74, 6) is -2.17. The Morgan fingerprint density at radius 2 is 2.31 bits per heavy atom. The molecule has 1 amide bonds. The Balaban J connectivity index is 1.85. The molecule has 0 bridgehead atoms. The van der Waals surface area contributed by atoms with Crippen LogP contribution in [0.25, 0.3) is 11.4 Å². The fourth-order valence-electron chi connectivity index (χ4n) is 2.99. The van der Waals surface area contributed by atoms with Crippen LogP contribution in [-0.2, 0) is 9.53 Å². The number of alkyl halides is 2. The molecule has 1 aromatic heterocycles. The lowest BCUT2D eigenvalue weighted by molar-refractivity contribution is -0.105. The first-order valence-corrected chi connectivity index (χ1v) is 8.19. The maximum atomic E-state index is 13.6. The zero-order valence-corrected chi connectivity index (χ0v) is 14.5. The minimum atomic E-state index is -2.72. The van der Waals surface area contributed by atoms with Crippen molar-refractivity contribution in [1.82, 2.24) is 15.0 Å². The van der Waals surface area contributed by atoms with Crippen LogP contribution in [0.2, 0.25) is 0 Å². The van der Waals surface area contributed by atoms with Crippen LogP contribution in [0.1, 0.15) is 23.9 Å². The summed E-state index contributed by atoms with van der Waals surface area (Å²) in [4.78, 5) is 16.7. The minimum absolute atomic E-state index is 0.170. The molecular formula is C17H20F2N4O3. The van der Waals surface area contributed by atoms with Gasteiger partial charge in [-0.05, 0) is 18.6 Å². The molecule has 0 spiro atoms. The molecule has 2 aromatic rings. The molecule has 0 aliphatic carbocycles. The molecule has 26 heavy (non-hydrogen) atoms. The summed E-state index contributed by atoms with van der Waals surface area (Å²) in [6, 6.07) is 4.82. The van der Waals surface area contributed by atoms with Crippen molar-refractivity contribution < 1.29 is 22.8 Å². The molecule has 1 fully saturated rings. The molecule has 140 valence electrons. The summed E-state index contributed by atoms with van der Waals surface area (Å²) in [5, 5.41) is 6.57. The van der Waals surface area contributed by atoms with E-state index in [0.29, 0.717) is 23.5 Å². The number of carbonyl (C=O) groups is 1. The van der Waals surface area contributed by atoms with Gasteiger partial charge in [0.15, 0.2) is 0 Å². The first-order valence-electron chi connectivity index (χ1n) is 8.19. The minimum Gasteiger partial charge on any atom is -0.383 e. The van der Waals surface area contributed by atoms with Gasteiger partial charge in [-0.1, -0.05) is 17.3 Å². The van der Waals surface area contributed by atoms with Gasteiger partial charge in [0.05, 0.1) is 13.2 Å². The Bertz CT molecular complexity index is 781. The van der Waals surface area contributed by atoms with Crippen LogP contribution in [0, 0.1) is 6.92 Å². The third-order valence-corrected chi connectivity index (χ3v) is 4.40. The van der Waals surface area contributed by atoms with Crippen LogP contribution in [0.4, 0.5) is 14.5 Å². The number of hydrogen-bond acceptors (Lipinski definition) is 6. The Hall–Kier alpha value is -2.39. The number of hydrogen-bond donors (Lipinski definition) is 1. The number of rotatable bonds is 7. The van der Waals surface area contributed by atoms with E-state index in [4.69, 9.17) is 9.26 Å². The summed E-state index contributed by atoms with van der Waals surface area (Å²) < 4.78 is 37.6. The van der Waals surface area contributed by atoms with Gasteiger partial charge in [-0.2, -0.15) is 4.98 Å². The van der Waals surface area contributed by atoms with Crippen molar-refractivity contribution in [3.63, 3.8) is 0 Å². The molecule has 3 rings (SSSR count). The van der Waals surface area contributed by atoms with Crippen molar-refractivity contribution in [3.8, 4) is 11.4 Å². The number of aromatic nitrogens is 2. The Morgan fingerprint density at radius 1 is 1.50 bits per heavy atom. The van der Waals surface area contributed by atoms with Crippen LogP contribution in [0.3, 0.4) is 0 Å². The third kappa shape index (κ3) is 3.88. The smallest absolute Gasteiger partial charge is 0.261 e. The van der Waals surface area contributed by atoms with Crippen molar-refractivity contribution in [2.24, 2.45) is 0 Å². The van der Waals surface area contributed by atoms with E-state index in [1.165, 1.54) is 7.11 Å². The number of methoxy groups -OCH3 is 1. The van der Waals surface area contributed by atoms with Crippen LogP contribution in [-0.4, -0.2) is 54.2 Å². The Kier molecular flexibility index (Phi) is 5.28. The zero-order valence-electron chi connectivity index (χ0n) is 14.5. The average molecular weight is 366 g/mol. The molecule has 1 aromatic carbocycles. The molecule has 2 heterocycles. The van der Waals surface area contributed by atoms with Crippen LogP contribution in [0.5, 0.6) is 0 Å². The molecule has 0 radical (unpaired) electrons. The normalized spacial score (nSPS) is 18.0. The second kappa shape index (κ2) is 7.46. The van der Waals surface area contributed by atoms with Gasteiger partial charge in [0, 0.05) is 31.3 Å². The van der Waals surface area contributed by atoms with Crippen LogP contribution < -0.4 is 5.32 Å². The van der Waals surface area contributed by atoms with Crippen molar-refractivity contribution in [3.05, 3.63) is 29.7 Å². The average Bonchev–Trinajstić information content (AvgIpc) is 3.21. The highest BCUT2D eigenvalue weighted by Crippen LogP contribution is 2.33. The summed E-state index contributed by atoms with van der Waals surface area (Å²) in [6.07, 6.45) is 0.392. The van der Waals surface area contributed by atoms with Gasteiger partial charge < -0.3 is 14.6 Å². The summed E-state index contributed by atoms with van der Waals surface area (Å²) in [7, 11) is 1.50. The maximum Gasteiger partial charge on any atom is 0.261 e. The number of halogens is 2. The van der Waals surface area contributed by atoms with E-state index >= 15 is 0 Å². The number of benzene rings is 1. The monoisotopic (exact) mass is 366 g/mol. The number of carbonyl (C=O) groups excluding carboxylic acids is 1. The molecule has 1 atom stereocenters. The second-order valence-corrected chi connectivity index (χ2v) is 6.30. The van der Waals surface area contributed by atoms with Crippen LogP contribution in [0.15, 0.2) is 22.7 Å². The van der Waals surface area contributed by atoms with Gasteiger partial charge in [-0.25, -0.2) is 8.78 Å². The molecule has 0 saturated carbocycles. The number of nitrogens with one attached hydrogen (secondary N) is 1. The van der Waals surface area contributed by atoms with Crippen molar-refractivity contribution >= 4 is 12.1 Å². The Labute approximate surface area is 149 Å². The first kappa shape index (κ1) is 18.4. The van der Waals surface area contributed by atoms with Crippen molar-refractivity contribution in [2.45, 2.75) is 25.3 Å². The predicted molar refractivity (Wildman–Crippen MR) is 89.9 cm³/mol. The molecule has 7 nitrogen and oxygen atoms in total. The van der Waals surface area contributed by atoms with Gasteiger partial charge in [0.2, 0.25) is 18.1 Å². The number of aryl methyl sites for hydroxylation is 1. The molecular weight excluding hydrogens is 346 g/mol. The first-order chi connectivity index (χ1) is 12.4. The van der Waals surface area contributed by atoms with Gasteiger partial charge in [0.1, 0.15) is 6.04 Å². The summed E-state index contributed by atoms with van der Waals surface area (Å²) >= 11 is 0. The lowest BCUT2D eigenvalue weighted by atomic mass is 10.1. The van der Waals surface area contributed by atoms with E-state index in [1.807, 2.05) is 13.0 Å². The van der Waals surface area contributed by atoms with E-state index in [1.54, 1.807) is 17.0 Å². The second-order valence-electron chi connectivity index (χ2n) is 6.30. The lowest BCUT2D eigenvalue weighted by Crippen LogP contribution is -2.32. The van der Waals surface area contributed by atoms with Gasteiger partial charge in [0.25, 0.3) is 5.92 Å². The van der Waals surface area contributed by atoms with Crippen LogP contribution >= 0.6 is 0 Å². The fraction of sp³-hybridized carbons (Fsp3) is 0.471. The number of anilines is 1. The SMILES string of the molecule is COCC(c1nc(-c2ccc(C)c(NC=O)c2)no1)N1CCC(F)(F)C1. The quantitative estimate of drug-likeness (QED) is 0.759. The van der Waals surface area contributed by atoms with E-state index in [9.17, 15) is 13.6 Å². The number of ether oxygens (including phenoxy) is 1. The zero-order chi connectivity index (χ0) is 18.7. The Morgan fingerprint density at radius 3 is 2.96 bits per heavy atom. The van der Waals surface area contributed by atoms with Crippen molar-refractivity contribution in [1.29, 1.82) is 0 Å². The van der Waals surface area contributed by atoms with E-state index in [2.05, 4.69) is 15.5 Å².